The highest BCUT2D eigenvalue weighted by Gasteiger charge is 2.30. The van der Waals surface area contributed by atoms with Crippen molar-refractivity contribution in [2.45, 2.75) is 84.2 Å². The Balaban J connectivity index is 1.83. The lowest BCUT2D eigenvalue weighted by molar-refractivity contribution is -0.133. The zero-order valence-corrected chi connectivity index (χ0v) is 13.6. The van der Waals surface area contributed by atoms with E-state index in [0.717, 1.165) is 13.1 Å². The van der Waals surface area contributed by atoms with Crippen molar-refractivity contribution in [1.29, 1.82) is 0 Å². The van der Waals surface area contributed by atoms with E-state index in [1.165, 1.54) is 51.4 Å². The molecule has 0 aromatic carbocycles. The van der Waals surface area contributed by atoms with E-state index in [1.807, 2.05) is 0 Å². The molecule has 20 heavy (non-hydrogen) atoms. The van der Waals surface area contributed by atoms with Gasteiger partial charge in [-0.25, -0.2) is 0 Å². The van der Waals surface area contributed by atoms with Gasteiger partial charge in [-0.15, -0.1) is 0 Å². The fourth-order valence-electron chi connectivity index (χ4n) is 3.83. The Morgan fingerprint density at radius 2 is 1.80 bits per heavy atom. The molecule has 0 aromatic heterocycles. The second-order valence-electron chi connectivity index (χ2n) is 7.59. The number of likely N-dealkylation sites (tertiary alicyclic amines) is 1. The summed E-state index contributed by atoms with van der Waals surface area (Å²) in [6, 6.07) is 0.497. The smallest absolute Gasteiger partial charge is 0.239 e. The zero-order valence-electron chi connectivity index (χ0n) is 13.6. The van der Waals surface area contributed by atoms with Crippen LogP contribution in [0.15, 0.2) is 0 Å². The van der Waals surface area contributed by atoms with E-state index in [9.17, 15) is 4.79 Å². The van der Waals surface area contributed by atoms with Gasteiger partial charge < -0.3 is 10.2 Å². The number of amides is 1. The van der Waals surface area contributed by atoms with Gasteiger partial charge in [0.2, 0.25) is 5.91 Å². The van der Waals surface area contributed by atoms with Crippen molar-refractivity contribution in [2.75, 3.05) is 13.1 Å². The van der Waals surface area contributed by atoms with Crippen LogP contribution in [0.3, 0.4) is 0 Å². The number of hydrogen-bond acceptors (Lipinski definition) is 2. The van der Waals surface area contributed by atoms with Crippen molar-refractivity contribution < 1.29 is 4.79 Å². The van der Waals surface area contributed by atoms with Gasteiger partial charge in [0, 0.05) is 19.1 Å². The molecule has 0 radical (unpaired) electrons. The third kappa shape index (κ3) is 4.47. The van der Waals surface area contributed by atoms with Crippen LogP contribution in [0.4, 0.5) is 0 Å². The Morgan fingerprint density at radius 1 is 1.15 bits per heavy atom. The topological polar surface area (TPSA) is 32.3 Å². The molecule has 3 heteroatoms. The zero-order chi connectivity index (χ0) is 14.6. The van der Waals surface area contributed by atoms with Crippen LogP contribution < -0.4 is 5.32 Å². The molecule has 0 aromatic rings. The lowest BCUT2D eigenvalue weighted by atomic mass is 9.75. The van der Waals surface area contributed by atoms with Crippen LogP contribution in [0.1, 0.15) is 72.1 Å². The van der Waals surface area contributed by atoms with Gasteiger partial charge in [-0.1, -0.05) is 33.1 Å². The summed E-state index contributed by atoms with van der Waals surface area (Å²) in [5, 5.41) is 3.60. The van der Waals surface area contributed by atoms with Gasteiger partial charge in [-0.3, -0.25) is 4.79 Å². The minimum absolute atomic E-state index is 0.0213. The summed E-state index contributed by atoms with van der Waals surface area (Å²) in [7, 11) is 0. The number of carbonyl (C=O) groups excluding carboxylic acids is 1. The summed E-state index contributed by atoms with van der Waals surface area (Å²) < 4.78 is 0. The Bertz CT molecular complexity index is 319. The van der Waals surface area contributed by atoms with Crippen molar-refractivity contribution in [3.05, 3.63) is 0 Å². The van der Waals surface area contributed by atoms with Crippen LogP contribution in [0.25, 0.3) is 0 Å². The van der Waals surface area contributed by atoms with Crippen LogP contribution >= 0.6 is 0 Å². The molecular formula is C17H32N2O. The van der Waals surface area contributed by atoms with Crippen LogP contribution in [0, 0.1) is 5.41 Å². The van der Waals surface area contributed by atoms with Gasteiger partial charge in [0.15, 0.2) is 0 Å². The summed E-state index contributed by atoms with van der Waals surface area (Å²) in [4.78, 5) is 14.6. The van der Waals surface area contributed by atoms with E-state index in [-0.39, 0.29) is 6.04 Å². The summed E-state index contributed by atoms with van der Waals surface area (Å²) in [6.45, 7) is 8.67. The quantitative estimate of drug-likeness (QED) is 0.860. The summed E-state index contributed by atoms with van der Waals surface area (Å²) in [6.07, 6.45) is 9.94. The van der Waals surface area contributed by atoms with E-state index in [1.54, 1.807) is 0 Å². The standard InChI is InChI=1S/C17H32N2O/c1-14(16(20)19-11-6-4-5-7-12-19)18-15-9-8-10-17(2,3)13-15/h14-15,18H,4-13H2,1-3H3. The van der Waals surface area contributed by atoms with Crippen LogP contribution in [-0.4, -0.2) is 36.0 Å². The molecule has 116 valence electrons. The van der Waals surface area contributed by atoms with Gasteiger partial charge in [-0.2, -0.15) is 0 Å². The number of nitrogens with one attached hydrogen (secondary N) is 1. The Kier molecular flexibility index (Phi) is 5.48. The third-order valence-electron chi connectivity index (χ3n) is 4.98. The Hall–Kier alpha value is -0.570. The predicted octanol–water partition coefficient (Wildman–Crippen LogP) is 3.34. The first kappa shape index (κ1) is 15.8. The number of carbonyl (C=O) groups is 1. The van der Waals surface area contributed by atoms with E-state index in [2.05, 4.69) is 31.0 Å². The van der Waals surface area contributed by atoms with E-state index < -0.39 is 0 Å². The van der Waals surface area contributed by atoms with Gasteiger partial charge in [0.1, 0.15) is 0 Å². The van der Waals surface area contributed by atoms with Gasteiger partial charge in [-0.05, 0) is 44.4 Å². The average molecular weight is 280 g/mol. The molecule has 3 nitrogen and oxygen atoms in total. The molecule has 1 saturated carbocycles. The fraction of sp³-hybridized carbons (Fsp3) is 0.941. The maximum absolute atomic E-state index is 12.5. The molecule has 2 rings (SSSR count). The van der Waals surface area contributed by atoms with Crippen molar-refractivity contribution >= 4 is 5.91 Å². The van der Waals surface area contributed by atoms with Crippen molar-refractivity contribution in [3.63, 3.8) is 0 Å². The van der Waals surface area contributed by atoms with Gasteiger partial charge in [0.25, 0.3) is 0 Å². The highest BCUT2D eigenvalue weighted by molar-refractivity contribution is 5.81. The molecule has 1 heterocycles. The van der Waals surface area contributed by atoms with Crippen LogP contribution in [0.2, 0.25) is 0 Å². The second kappa shape index (κ2) is 6.93. The summed E-state index contributed by atoms with van der Waals surface area (Å²) in [5.74, 6) is 0.315. The minimum atomic E-state index is -0.0213. The molecule has 1 amide bonds. The Morgan fingerprint density at radius 3 is 2.40 bits per heavy atom. The van der Waals surface area contributed by atoms with Crippen LogP contribution in [-0.2, 0) is 4.79 Å². The first-order valence-corrected chi connectivity index (χ1v) is 8.53. The van der Waals surface area contributed by atoms with E-state index in [0.29, 0.717) is 17.4 Å². The molecule has 2 fully saturated rings. The number of hydrogen-bond donors (Lipinski definition) is 1. The maximum atomic E-state index is 12.5. The maximum Gasteiger partial charge on any atom is 0.239 e. The van der Waals surface area contributed by atoms with Gasteiger partial charge >= 0.3 is 0 Å². The SMILES string of the molecule is CC(NC1CCCC(C)(C)C1)C(=O)N1CCCCCC1. The fourth-order valence-corrected chi connectivity index (χ4v) is 3.83. The molecule has 1 N–H and O–H groups in total. The van der Waals surface area contributed by atoms with E-state index in [4.69, 9.17) is 0 Å². The predicted molar refractivity (Wildman–Crippen MR) is 83.7 cm³/mol. The van der Waals surface area contributed by atoms with Gasteiger partial charge in [0.05, 0.1) is 6.04 Å². The lowest BCUT2D eigenvalue weighted by Crippen LogP contribution is -2.50. The van der Waals surface area contributed by atoms with Crippen molar-refractivity contribution in [3.8, 4) is 0 Å². The summed E-state index contributed by atoms with van der Waals surface area (Å²) >= 11 is 0. The minimum Gasteiger partial charge on any atom is -0.341 e. The van der Waals surface area contributed by atoms with Crippen molar-refractivity contribution in [2.24, 2.45) is 5.41 Å². The molecule has 2 unspecified atom stereocenters. The first-order chi connectivity index (χ1) is 9.48. The average Bonchev–Trinajstić information content (AvgIpc) is 2.65. The molecule has 2 aliphatic rings. The monoisotopic (exact) mass is 280 g/mol. The second-order valence-corrected chi connectivity index (χ2v) is 7.59. The molecule has 0 spiro atoms. The highest BCUT2D eigenvalue weighted by atomic mass is 16.2. The Labute approximate surface area is 124 Å². The lowest BCUT2D eigenvalue weighted by Gasteiger charge is -2.37. The molecule has 0 bridgehead atoms. The normalized spacial score (nSPS) is 28.8. The number of nitrogens with zero attached hydrogens (tertiary/aromatic N) is 1. The third-order valence-corrected chi connectivity index (χ3v) is 4.98. The molecular weight excluding hydrogens is 248 g/mol. The number of rotatable bonds is 3. The van der Waals surface area contributed by atoms with Crippen molar-refractivity contribution in [1.82, 2.24) is 10.2 Å². The molecule has 1 saturated heterocycles. The van der Waals surface area contributed by atoms with E-state index >= 15 is 0 Å². The molecule has 1 aliphatic carbocycles. The van der Waals surface area contributed by atoms with Crippen LogP contribution in [0.5, 0.6) is 0 Å². The molecule has 1 aliphatic heterocycles. The highest BCUT2D eigenvalue weighted by Crippen LogP contribution is 2.35. The summed E-state index contributed by atoms with van der Waals surface area (Å²) in [5.41, 5.74) is 0.432. The first-order valence-electron chi connectivity index (χ1n) is 8.53. The molecule has 2 atom stereocenters. The largest absolute Gasteiger partial charge is 0.341 e.